The molecule has 1 aromatic carbocycles. The second kappa shape index (κ2) is 7.21. The van der Waals surface area contributed by atoms with Crippen molar-refractivity contribution >= 4 is 27.9 Å². The minimum atomic E-state index is -0.0665. The summed E-state index contributed by atoms with van der Waals surface area (Å²) >= 11 is 7.69. The van der Waals surface area contributed by atoms with Gasteiger partial charge in [0, 0.05) is 10.6 Å². The summed E-state index contributed by atoms with van der Waals surface area (Å²) in [6, 6.07) is 11.3. The van der Waals surface area contributed by atoms with Crippen molar-refractivity contribution in [3.8, 4) is 17.5 Å². The van der Waals surface area contributed by atoms with Crippen LogP contribution in [0.15, 0.2) is 47.1 Å². The number of morpholine rings is 1. The van der Waals surface area contributed by atoms with E-state index in [1.165, 1.54) is 20.8 Å². The van der Waals surface area contributed by atoms with Crippen LogP contribution in [0, 0.1) is 0 Å². The van der Waals surface area contributed by atoms with Crippen molar-refractivity contribution in [1.29, 1.82) is 0 Å². The molecule has 1 fully saturated rings. The Morgan fingerprint density at radius 1 is 1.21 bits per heavy atom. The van der Waals surface area contributed by atoms with Gasteiger partial charge in [-0.15, -0.1) is 5.10 Å². The number of fused-ring (bicyclic) bond motifs is 1. The second-order valence-corrected chi connectivity index (χ2v) is 8.10. The van der Waals surface area contributed by atoms with Gasteiger partial charge in [0.1, 0.15) is 18.0 Å². The van der Waals surface area contributed by atoms with E-state index >= 15 is 0 Å². The van der Waals surface area contributed by atoms with Crippen LogP contribution in [0.25, 0.3) is 16.5 Å². The van der Waals surface area contributed by atoms with Crippen molar-refractivity contribution in [2.45, 2.75) is 6.04 Å². The van der Waals surface area contributed by atoms with E-state index in [0.29, 0.717) is 34.8 Å². The van der Waals surface area contributed by atoms with E-state index in [1.54, 1.807) is 18.4 Å². The van der Waals surface area contributed by atoms with Gasteiger partial charge in [0.05, 0.1) is 19.5 Å². The minimum Gasteiger partial charge on any atom is -0.492 e. The van der Waals surface area contributed by atoms with E-state index in [2.05, 4.69) is 10.1 Å². The molecule has 9 heteroatoms. The molecule has 1 saturated heterocycles. The number of nitrogens with one attached hydrogen (secondary N) is 1. The highest BCUT2D eigenvalue weighted by Crippen LogP contribution is 2.36. The van der Waals surface area contributed by atoms with Gasteiger partial charge in [-0.2, -0.15) is 9.50 Å². The Bertz CT molecular complexity index is 1100. The monoisotopic (exact) mass is 417 g/mol. The van der Waals surface area contributed by atoms with Gasteiger partial charge in [0.25, 0.3) is 0 Å². The SMILES string of the molecule is Oc1c([C@H](c2cccc(Cl)c2)[NH+]2CCOCC2)sc2nc(-c3ccco3)nn12. The van der Waals surface area contributed by atoms with Crippen LogP contribution >= 0.6 is 22.9 Å². The summed E-state index contributed by atoms with van der Waals surface area (Å²) in [4.78, 5) is 7.29. The Morgan fingerprint density at radius 2 is 2.07 bits per heavy atom. The lowest BCUT2D eigenvalue weighted by Crippen LogP contribution is -3.14. The van der Waals surface area contributed by atoms with E-state index < -0.39 is 0 Å². The lowest BCUT2D eigenvalue weighted by Gasteiger charge is -2.31. The van der Waals surface area contributed by atoms with Crippen molar-refractivity contribution in [2.75, 3.05) is 26.3 Å². The summed E-state index contributed by atoms with van der Waals surface area (Å²) in [5.41, 5.74) is 1.05. The van der Waals surface area contributed by atoms with Gasteiger partial charge < -0.3 is 19.2 Å². The molecule has 4 heterocycles. The van der Waals surface area contributed by atoms with E-state index in [1.807, 2.05) is 24.3 Å². The Labute approximate surface area is 169 Å². The first-order chi connectivity index (χ1) is 13.7. The van der Waals surface area contributed by atoms with Gasteiger partial charge in [0.2, 0.25) is 16.7 Å². The maximum absolute atomic E-state index is 11.0. The highest BCUT2D eigenvalue weighted by Gasteiger charge is 2.34. The zero-order valence-corrected chi connectivity index (χ0v) is 16.4. The number of aromatic nitrogens is 3. The molecule has 0 saturated carbocycles. The van der Waals surface area contributed by atoms with Crippen LogP contribution in [0.2, 0.25) is 5.02 Å². The molecule has 0 unspecified atom stereocenters. The molecule has 0 amide bonds. The number of furan rings is 1. The summed E-state index contributed by atoms with van der Waals surface area (Å²) in [7, 11) is 0. The molecule has 28 heavy (non-hydrogen) atoms. The van der Waals surface area contributed by atoms with Gasteiger partial charge in [-0.1, -0.05) is 35.1 Å². The molecular weight excluding hydrogens is 400 g/mol. The molecule has 1 aliphatic rings. The largest absolute Gasteiger partial charge is 0.492 e. The molecule has 4 aromatic rings. The second-order valence-electron chi connectivity index (χ2n) is 6.66. The zero-order chi connectivity index (χ0) is 19.1. The molecule has 1 aliphatic heterocycles. The van der Waals surface area contributed by atoms with E-state index in [0.717, 1.165) is 23.5 Å². The lowest BCUT2D eigenvalue weighted by atomic mass is 10.0. The number of nitrogens with zero attached hydrogens (tertiary/aromatic N) is 3. The normalized spacial score (nSPS) is 16.6. The van der Waals surface area contributed by atoms with Crippen LogP contribution in [0.3, 0.4) is 0 Å². The quantitative estimate of drug-likeness (QED) is 0.533. The number of thiazole rings is 1. The molecule has 0 spiro atoms. The first-order valence-corrected chi connectivity index (χ1v) is 10.2. The maximum atomic E-state index is 11.0. The number of aromatic hydroxyl groups is 1. The van der Waals surface area contributed by atoms with Crippen molar-refractivity contribution in [3.63, 3.8) is 0 Å². The highest BCUT2D eigenvalue weighted by atomic mass is 35.5. The van der Waals surface area contributed by atoms with Crippen LogP contribution in [0.4, 0.5) is 0 Å². The Hall–Kier alpha value is -2.39. The molecule has 0 bridgehead atoms. The standard InChI is InChI=1S/C19H17ClN4O3S/c20-13-4-1-3-12(11-13)15(23-6-9-26-10-7-23)16-18(25)24-19(28-16)21-17(22-24)14-5-2-8-27-14/h1-5,8,11,15,25H,6-7,9-10H2/p+1/t15-/m0/s1. The van der Waals surface area contributed by atoms with Gasteiger partial charge in [-0.05, 0) is 24.3 Å². The first-order valence-electron chi connectivity index (χ1n) is 9.01. The fourth-order valence-electron chi connectivity index (χ4n) is 3.63. The number of hydrogen-bond donors (Lipinski definition) is 2. The number of quaternary nitrogens is 1. The summed E-state index contributed by atoms with van der Waals surface area (Å²) in [6.07, 6.45) is 1.58. The van der Waals surface area contributed by atoms with E-state index in [4.69, 9.17) is 20.8 Å². The number of rotatable bonds is 4. The van der Waals surface area contributed by atoms with Gasteiger partial charge >= 0.3 is 0 Å². The Balaban J connectivity index is 1.60. The number of halogens is 1. The summed E-state index contributed by atoms with van der Waals surface area (Å²) in [5.74, 6) is 1.13. The Kier molecular flexibility index (Phi) is 4.56. The van der Waals surface area contributed by atoms with E-state index in [9.17, 15) is 5.11 Å². The van der Waals surface area contributed by atoms with Crippen LogP contribution < -0.4 is 4.90 Å². The average molecular weight is 418 g/mol. The Morgan fingerprint density at radius 3 is 2.79 bits per heavy atom. The minimum absolute atomic E-state index is 0.0665. The molecule has 5 rings (SSSR count). The molecule has 2 N–H and O–H groups in total. The summed E-state index contributed by atoms with van der Waals surface area (Å²) in [6.45, 7) is 3.08. The topological polar surface area (TPSA) is 77.2 Å². The summed E-state index contributed by atoms with van der Waals surface area (Å²) in [5, 5.41) is 16.1. The van der Waals surface area contributed by atoms with Crippen molar-refractivity contribution in [3.05, 3.63) is 58.1 Å². The molecule has 0 radical (unpaired) electrons. The molecular formula is C19H18ClN4O3S+. The highest BCUT2D eigenvalue weighted by molar-refractivity contribution is 7.17. The van der Waals surface area contributed by atoms with Crippen LogP contribution in [0.1, 0.15) is 16.5 Å². The smallest absolute Gasteiger partial charge is 0.235 e. The molecule has 144 valence electrons. The third-order valence-corrected chi connectivity index (χ3v) is 6.25. The van der Waals surface area contributed by atoms with Crippen LogP contribution in [-0.4, -0.2) is 46.0 Å². The predicted molar refractivity (Wildman–Crippen MR) is 105 cm³/mol. The lowest BCUT2D eigenvalue weighted by molar-refractivity contribution is -0.932. The summed E-state index contributed by atoms with van der Waals surface area (Å²) < 4.78 is 12.4. The van der Waals surface area contributed by atoms with Gasteiger partial charge in [-0.25, -0.2) is 0 Å². The number of benzene rings is 1. The molecule has 3 aromatic heterocycles. The van der Waals surface area contributed by atoms with Crippen molar-refractivity contribution in [1.82, 2.24) is 14.6 Å². The van der Waals surface area contributed by atoms with E-state index in [-0.39, 0.29) is 11.9 Å². The van der Waals surface area contributed by atoms with Crippen molar-refractivity contribution < 1.29 is 19.2 Å². The number of hydrogen-bond acceptors (Lipinski definition) is 6. The number of ether oxygens (including phenoxy) is 1. The average Bonchev–Trinajstić information content (AvgIpc) is 3.42. The molecule has 1 atom stereocenters. The third-order valence-electron chi connectivity index (χ3n) is 4.93. The zero-order valence-electron chi connectivity index (χ0n) is 14.8. The van der Waals surface area contributed by atoms with Crippen LogP contribution in [0.5, 0.6) is 5.88 Å². The predicted octanol–water partition coefficient (Wildman–Crippen LogP) is 2.41. The van der Waals surface area contributed by atoms with Crippen LogP contribution in [-0.2, 0) is 4.74 Å². The van der Waals surface area contributed by atoms with Crippen molar-refractivity contribution in [2.24, 2.45) is 0 Å². The maximum Gasteiger partial charge on any atom is 0.235 e. The first kappa shape index (κ1) is 17.7. The van der Waals surface area contributed by atoms with Gasteiger partial charge in [-0.3, -0.25) is 0 Å². The fraction of sp³-hybridized carbons (Fsp3) is 0.263. The van der Waals surface area contributed by atoms with Gasteiger partial charge in [0.15, 0.2) is 11.8 Å². The molecule has 7 nitrogen and oxygen atoms in total. The molecule has 0 aliphatic carbocycles. The third kappa shape index (κ3) is 3.08. The fourth-order valence-corrected chi connectivity index (χ4v) is 4.97.